The van der Waals surface area contributed by atoms with Crippen molar-refractivity contribution in [2.75, 3.05) is 33.3 Å². The molecule has 0 aromatic heterocycles. The topological polar surface area (TPSA) is 32.8 Å². The van der Waals surface area contributed by atoms with E-state index in [1.54, 1.807) is 4.90 Å². The van der Waals surface area contributed by atoms with Crippen LogP contribution >= 0.6 is 11.6 Å². The molecule has 1 aliphatic heterocycles. The zero-order valence-corrected chi connectivity index (χ0v) is 14.8. The Balaban J connectivity index is 1.61. The number of amides is 1. The Hall–Kier alpha value is -2.11. The summed E-state index contributed by atoms with van der Waals surface area (Å²) in [5, 5.41) is 0.725. The number of nitrogens with zero attached hydrogens (tertiary/aromatic N) is 2. The molecule has 6 heteroatoms. The minimum absolute atomic E-state index is 0.192. The first-order valence-electron chi connectivity index (χ1n) is 8.16. The molecule has 0 radical (unpaired) electrons. The SMILES string of the molecule is COc1ccc(F)cc1C(=O)N1CCN(Cc2ccc(Cl)cc2)CC1. The molecular weight excluding hydrogens is 343 g/mol. The van der Waals surface area contributed by atoms with E-state index < -0.39 is 5.82 Å². The van der Waals surface area contributed by atoms with E-state index >= 15 is 0 Å². The van der Waals surface area contributed by atoms with Gasteiger partial charge in [-0.3, -0.25) is 9.69 Å². The van der Waals surface area contributed by atoms with Crippen LogP contribution in [0, 0.1) is 5.82 Å². The largest absolute Gasteiger partial charge is 0.496 e. The van der Waals surface area contributed by atoms with Gasteiger partial charge in [-0.05, 0) is 35.9 Å². The average molecular weight is 363 g/mol. The minimum Gasteiger partial charge on any atom is -0.496 e. The second kappa shape index (κ2) is 7.85. The molecule has 0 aliphatic carbocycles. The number of ether oxygens (including phenoxy) is 1. The van der Waals surface area contributed by atoms with Gasteiger partial charge in [0.15, 0.2) is 0 Å². The van der Waals surface area contributed by atoms with Crippen molar-refractivity contribution in [3.63, 3.8) is 0 Å². The first-order valence-corrected chi connectivity index (χ1v) is 8.54. The summed E-state index contributed by atoms with van der Waals surface area (Å²) in [4.78, 5) is 16.7. The van der Waals surface area contributed by atoms with Crippen LogP contribution < -0.4 is 4.74 Å². The van der Waals surface area contributed by atoms with E-state index in [0.717, 1.165) is 24.7 Å². The van der Waals surface area contributed by atoms with Gasteiger partial charge in [-0.25, -0.2) is 4.39 Å². The molecule has 25 heavy (non-hydrogen) atoms. The zero-order valence-electron chi connectivity index (χ0n) is 14.0. The molecule has 2 aromatic rings. The fourth-order valence-corrected chi connectivity index (χ4v) is 3.10. The van der Waals surface area contributed by atoms with Gasteiger partial charge >= 0.3 is 0 Å². The maximum atomic E-state index is 13.5. The summed E-state index contributed by atoms with van der Waals surface area (Å²) in [6, 6.07) is 11.8. The second-order valence-electron chi connectivity index (χ2n) is 6.04. The Bertz CT molecular complexity index is 744. The molecule has 132 valence electrons. The lowest BCUT2D eigenvalue weighted by Gasteiger charge is -2.35. The molecule has 1 saturated heterocycles. The molecule has 0 N–H and O–H groups in total. The quantitative estimate of drug-likeness (QED) is 0.835. The van der Waals surface area contributed by atoms with E-state index in [4.69, 9.17) is 16.3 Å². The number of halogens is 2. The molecule has 0 bridgehead atoms. The number of carbonyl (C=O) groups is 1. The summed E-state index contributed by atoms with van der Waals surface area (Å²) in [7, 11) is 1.48. The second-order valence-corrected chi connectivity index (χ2v) is 6.48. The Morgan fingerprint density at radius 3 is 2.44 bits per heavy atom. The van der Waals surface area contributed by atoms with Gasteiger partial charge in [0.1, 0.15) is 11.6 Å². The van der Waals surface area contributed by atoms with Gasteiger partial charge in [-0.2, -0.15) is 0 Å². The first-order chi connectivity index (χ1) is 12.1. The normalized spacial score (nSPS) is 15.2. The van der Waals surface area contributed by atoms with Crippen molar-refractivity contribution in [2.24, 2.45) is 0 Å². The molecular formula is C19H20ClFN2O2. The third-order valence-corrected chi connectivity index (χ3v) is 4.62. The van der Waals surface area contributed by atoms with Crippen LogP contribution in [-0.2, 0) is 6.54 Å². The number of methoxy groups -OCH3 is 1. The molecule has 0 spiro atoms. The molecule has 1 amide bonds. The smallest absolute Gasteiger partial charge is 0.257 e. The lowest BCUT2D eigenvalue weighted by Crippen LogP contribution is -2.48. The van der Waals surface area contributed by atoms with Crippen LogP contribution in [0.3, 0.4) is 0 Å². The van der Waals surface area contributed by atoms with Crippen LogP contribution in [0.4, 0.5) is 4.39 Å². The molecule has 0 unspecified atom stereocenters. The number of benzene rings is 2. The fraction of sp³-hybridized carbons (Fsp3) is 0.316. The predicted molar refractivity (Wildman–Crippen MR) is 95.6 cm³/mol. The minimum atomic E-state index is -0.439. The van der Waals surface area contributed by atoms with Crippen molar-refractivity contribution in [3.8, 4) is 5.75 Å². The maximum Gasteiger partial charge on any atom is 0.257 e. The highest BCUT2D eigenvalue weighted by Gasteiger charge is 2.24. The Morgan fingerprint density at radius 2 is 1.80 bits per heavy atom. The summed E-state index contributed by atoms with van der Waals surface area (Å²) in [5.41, 5.74) is 1.46. The highest BCUT2D eigenvalue weighted by Crippen LogP contribution is 2.22. The molecule has 1 heterocycles. The third-order valence-electron chi connectivity index (χ3n) is 4.37. The summed E-state index contributed by atoms with van der Waals surface area (Å²) in [6.45, 7) is 3.57. The molecule has 0 saturated carbocycles. The van der Waals surface area contributed by atoms with E-state index in [9.17, 15) is 9.18 Å². The van der Waals surface area contributed by atoms with Gasteiger partial charge < -0.3 is 9.64 Å². The number of rotatable bonds is 4. The molecule has 1 aliphatic rings. The molecule has 4 nitrogen and oxygen atoms in total. The Kier molecular flexibility index (Phi) is 5.56. The summed E-state index contributed by atoms with van der Waals surface area (Å²) < 4.78 is 18.7. The van der Waals surface area contributed by atoms with Crippen LogP contribution in [0.25, 0.3) is 0 Å². The summed E-state index contributed by atoms with van der Waals surface area (Å²) in [6.07, 6.45) is 0. The number of piperazine rings is 1. The van der Waals surface area contributed by atoms with Gasteiger partial charge in [0.2, 0.25) is 0 Å². The van der Waals surface area contributed by atoms with Crippen molar-refractivity contribution in [3.05, 3.63) is 64.4 Å². The standard InChI is InChI=1S/C19H20ClFN2O2/c1-25-18-7-6-16(21)12-17(18)19(24)23-10-8-22(9-11-23)13-14-2-4-15(20)5-3-14/h2-7,12H,8-11,13H2,1H3. The number of hydrogen-bond acceptors (Lipinski definition) is 3. The lowest BCUT2D eigenvalue weighted by molar-refractivity contribution is 0.0625. The van der Waals surface area contributed by atoms with Crippen LogP contribution in [0.2, 0.25) is 5.02 Å². The van der Waals surface area contributed by atoms with Crippen LogP contribution in [0.15, 0.2) is 42.5 Å². The van der Waals surface area contributed by atoms with E-state index in [2.05, 4.69) is 4.90 Å². The highest BCUT2D eigenvalue weighted by atomic mass is 35.5. The van der Waals surface area contributed by atoms with Gasteiger partial charge in [-0.15, -0.1) is 0 Å². The van der Waals surface area contributed by atoms with Crippen molar-refractivity contribution in [1.82, 2.24) is 9.80 Å². The van der Waals surface area contributed by atoms with E-state index in [1.165, 1.54) is 30.9 Å². The van der Waals surface area contributed by atoms with Gasteiger partial charge in [0.05, 0.1) is 12.7 Å². The van der Waals surface area contributed by atoms with E-state index in [1.807, 2.05) is 24.3 Å². The van der Waals surface area contributed by atoms with Crippen molar-refractivity contribution < 1.29 is 13.9 Å². The van der Waals surface area contributed by atoms with Gasteiger partial charge in [0.25, 0.3) is 5.91 Å². The number of carbonyl (C=O) groups excluding carboxylic acids is 1. The van der Waals surface area contributed by atoms with Crippen molar-refractivity contribution in [2.45, 2.75) is 6.54 Å². The molecule has 0 atom stereocenters. The zero-order chi connectivity index (χ0) is 17.8. The van der Waals surface area contributed by atoms with E-state index in [-0.39, 0.29) is 11.5 Å². The molecule has 3 rings (SSSR count). The highest BCUT2D eigenvalue weighted by molar-refractivity contribution is 6.30. The summed E-state index contributed by atoms with van der Waals surface area (Å²) >= 11 is 5.91. The van der Waals surface area contributed by atoms with E-state index in [0.29, 0.717) is 18.8 Å². The maximum absolute atomic E-state index is 13.5. The predicted octanol–water partition coefficient (Wildman–Crippen LogP) is 3.45. The lowest BCUT2D eigenvalue weighted by atomic mass is 10.1. The van der Waals surface area contributed by atoms with Gasteiger partial charge in [-0.1, -0.05) is 23.7 Å². The third kappa shape index (κ3) is 4.30. The Labute approximate surface area is 151 Å². The molecule has 2 aromatic carbocycles. The van der Waals surface area contributed by atoms with Crippen molar-refractivity contribution in [1.29, 1.82) is 0 Å². The number of hydrogen-bond donors (Lipinski definition) is 0. The first kappa shape index (κ1) is 17.7. The van der Waals surface area contributed by atoms with Crippen molar-refractivity contribution >= 4 is 17.5 Å². The average Bonchev–Trinajstić information content (AvgIpc) is 2.63. The van der Waals surface area contributed by atoms with Crippen LogP contribution in [0.5, 0.6) is 5.75 Å². The van der Waals surface area contributed by atoms with Gasteiger partial charge in [0, 0.05) is 37.7 Å². The van der Waals surface area contributed by atoms with Crippen LogP contribution in [-0.4, -0.2) is 49.0 Å². The molecule has 1 fully saturated rings. The summed E-state index contributed by atoms with van der Waals surface area (Å²) in [5.74, 6) is -0.233. The monoisotopic (exact) mass is 362 g/mol. The Morgan fingerprint density at radius 1 is 1.12 bits per heavy atom. The fourth-order valence-electron chi connectivity index (χ4n) is 2.97. The van der Waals surface area contributed by atoms with Crippen LogP contribution in [0.1, 0.15) is 15.9 Å².